The van der Waals surface area contributed by atoms with E-state index in [1.807, 2.05) is 0 Å². The molecule has 0 atom stereocenters. The van der Waals surface area contributed by atoms with E-state index in [0.29, 0.717) is 6.04 Å². The third kappa shape index (κ3) is 2.40. The van der Waals surface area contributed by atoms with Crippen molar-refractivity contribution in [3.63, 3.8) is 0 Å². The molecule has 1 fully saturated rings. The first-order chi connectivity index (χ1) is 12.2. The first-order valence-corrected chi connectivity index (χ1v) is 9.56. The van der Waals surface area contributed by atoms with E-state index in [9.17, 15) is 0 Å². The van der Waals surface area contributed by atoms with Gasteiger partial charge in [0.25, 0.3) is 0 Å². The number of hydrogen-bond donors (Lipinski definition) is 1. The van der Waals surface area contributed by atoms with Crippen LogP contribution in [0.25, 0.3) is 32.6 Å². The van der Waals surface area contributed by atoms with Crippen LogP contribution in [0.4, 0.5) is 5.82 Å². The maximum atomic E-state index is 4.99. The van der Waals surface area contributed by atoms with Gasteiger partial charge in [-0.05, 0) is 32.8 Å². The summed E-state index contributed by atoms with van der Waals surface area (Å²) in [6, 6.07) is 9.29. The van der Waals surface area contributed by atoms with E-state index < -0.39 is 0 Å². The molecule has 0 spiro atoms. The summed E-state index contributed by atoms with van der Waals surface area (Å²) in [5.74, 6) is 1.83. The summed E-state index contributed by atoms with van der Waals surface area (Å²) in [5, 5.41) is 6.94. The average molecular weight is 349 g/mol. The molecule has 3 heterocycles. The summed E-state index contributed by atoms with van der Waals surface area (Å²) < 4.78 is 3.51. The maximum Gasteiger partial charge on any atom is 0.166 e. The minimum atomic E-state index is 0.266. The molecule has 1 aliphatic rings. The van der Waals surface area contributed by atoms with Crippen LogP contribution in [0.3, 0.4) is 0 Å². The van der Waals surface area contributed by atoms with Gasteiger partial charge in [-0.15, -0.1) is 11.3 Å². The zero-order valence-electron chi connectivity index (χ0n) is 14.2. The molecule has 3 aromatic heterocycles. The molecular formula is C19H19N5S. The normalized spacial score (nSPS) is 14.7. The van der Waals surface area contributed by atoms with Gasteiger partial charge in [0.2, 0.25) is 0 Å². The van der Waals surface area contributed by atoms with Gasteiger partial charge in [0.05, 0.1) is 0 Å². The Morgan fingerprint density at radius 1 is 1.20 bits per heavy atom. The second kappa shape index (κ2) is 5.52. The van der Waals surface area contributed by atoms with Gasteiger partial charge in [-0.1, -0.05) is 18.2 Å². The molecule has 5 rings (SSSR count). The third-order valence-electron chi connectivity index (χ3n) is 4.63. The largest absolute Gasteiger partial charge is 0.365 e. The Kier molecular flexibility index (Phi) is 3.28. The number of benzene rings is 1. The van der Waals surface area contributed by atoms with E-state index in [2.05, 4.69) is 63.3 Å². The maximum absolute atomic E-state index is 4.99. The summed E-state index contributed by atoms with van der Waals surface area (Å²) in [7, 11) is 0. The summed E-state index contributed by atoms with van der Waals surface area (Å²) in [5.41, 5.74) is 2.94. The Balaban J connectivity index is 1.78. The monoisotopic (exact) mass is 349 g/mol. The molecule has 5 nitrogen and oxygen atoms in total. The SMILES string of the molecule is CC(C)n1c(-c2csc3ccccc23)nc2c(NC3CC3)ncnc21. The predicted molar refractivity (Wildman–Crippen MR) is 103 cm³/mol. The molecule has 0 amide bonds. The van der Waals surface area contributed by atoms with Gasteiger partial charge in [-0.2, -0.15) is 0 Å². The van der Waals surface area contributed by atoms with Crippen molar-refractivity contribution in [2.75, 3.05) is 5.32 Å². The lowest BCUT2D eigenvalue weighted by Gasteiger charge is -2.12. The number of rotatable bonds is 4. The van der Waals surface area contributed by atoms with Crippen LogP contribution >= 0.6 is 11.3 Å². The number of nitrogens with one attached hydrogen (secondary N) is 1. The first-order valence-electron chi connectivity index (χ1n) is 8.68. The zero-order chi connectivity index (χ0) is 17.0. The lowest BCUT2D eigenvalue weighted by molar-refractivity contribution is 0.620. The fourth-order valence-electron chi connectivity index (χ4n) is 3.27. The minimum absolute atomic E-state index is 0.266. The van der Waals surface area contributed by atoms with Gasteiger partial charge in [0.15, 0.2) is 17.0 Å². The molecule has 4 aromatic rings. The van der Waals surface area contributed by atoms with E-state index in [-0.39, 0.29) is 6.04 Å². The Hall–Kier alpha value is -2.47. The smallest absolute Gasteiger partial charge is 0.166 e. The van der Waals surface area contributed by atoms with Gasteiger partial charge in [0, 0.05) is 33.1 Å². The van der Waals surface area contributed by atoms with Gasteiger partial charge in [-0.3, -0.25) is 0 Å². The van der Waals surface area contributed by atoms with Crippen LogP contribution in [0, 0.1) is 0 Å². The Bertz CT molecular complexity index is 1070. The quantitative estimate of drug-likeness (QED) is 0.571. The van der Waals surface area contributed by atoms with E-state index in [1.54, 1.807) is 17.7 Å². The Labute approximate surface area is 149 Å². The minimum Gasteiger partial charge on any atom is -0.365 e. The second-order valence-electron chi connectivity index (χ2n) is 6.86. The first kappa shape index (κ1) is 14.8. The molecule has 0 aliphatic heterocycles. The lowest BCUT2D eigenvalue weighted by Crippen LogP contribution is -2.06. The average Bonchev–Trinajstić information content (AvgIpc) is 3.19. The van der Waals surface area contributed by atoms with Crippen LogP contribution < -0.4 is 5.32 Å². The molecular weight excluding hydrogens is 330 g/mol. The number of nitrogens with zero attached hydrogens (tertiary/aromatic N) is 4. The molecule has 1 N–H and O–H groups in total. The fourth-order valence-corrected chi connectivity index (χ4v) is 4.20. The van der Waals surface area contributed by atoms with Crippen molar-refractivity contribution in [2.45, 2.75) is 38.8 Å². The number of anilines is 1. The number of aromatic nitrogens is 4. The van der Waals surface area contributed by atoms with Crippen LogP contribution in [0.5, 0.6) is 0 Å². The van der Waals surface area contributed by atoms with Crippen molar-refractivity contribution in [1.29, 1.82) is 0 Å². The second-order valence-corrected chi connectivity index (χ2v) is 7.77. The van der Waals surface area contributed by atoms with Crippen molar-refractivity contribution in [3.05, 3.63) is 36.0 Å². The van der Waals surface area contributed by atoms with Crippen molar-refractivity contribution < 1.29 is 0 Å². The van der Waals surface area contributed by atoms with Crippen molar-refractivity contribution in [1.82, 2.24) is 19.5 Å². The standard InChI is InChI=1S/C19H19N5S/c1-11(2)24-18(14-9-25-15-6-4-3-5-13(14)15)23-16-17(22-12-7-8-12)20-10-21-19(16)24/h3-6,9-12H,7-8H2,1-2H3,(H,20,21,22). The number of fused-ring (bicyclic) bond motifs is 2. The molecule has 126 valence electrons. The highest BCUT2D eigenvalue weighted by atomic mass is 32.1. The summed E-state index contributed by atoms with van der Waals surface area (Å²) in [6.07, 6.45) is 4.06. The molecule has 0 unspecified atom stereocenters. The Morgan fingerprint density at radius 3 is 2.84 bits per heavy atom. The van der Waals surface area contributed by atoms with Crippen molar-refractivity contribution >= 4 is 38.4 Å². The molecule has 1 aromatic carbocycles. The zero-order valence-corrected chi connectivity index (χ0v) is 15.0. The molecule has 6 heteroatoms. The fraction of sp³-hybridized carbons (Fsp3) is 0.316. The third-order valence-corrected chi connectivity index (χ3v) is 5.60. The van der Waals surface area contributed by atoms with E-state index in [4.69, 9.17) is 4.98 Å². The highest BCUT2D eigenvalue weighted by molar-refractivity contribution is 7.17. The summed E-state index contributed by atoms with van der Waals surface area (Å²) >= 11 is 1.76. The van der Waals surface area contributed by atoms with Crippen LogP contribution in [-0.4, -0.2) is 25.6 Å². The molecule has 0 radical (unpaired) electrons. The molecule has 25 heavy (non-hydrogen) atoms. The van der Waals surface area contributed by atoms with Gasteiger partial charge < -0.3 is 9.88 Å². The summed E-state index contributed by atoms with van der Waals surface area (Å²) in [6.45, 7) is 4.35. The van der Waals surface area contributed by atoms with Gasteiger partial charge >= 0.3 is 0 Å². The van der Waals surface area contributed by atoms with E-state index in [1.165, 1.54) is 28.5 Å². The molecule has 1 saturated carbocycles. The van der Waals surface area contributed by atoms with Crippen molar-refractivity contribution in [2.24, 2.45) is 0 Å². The van der Waals surface area contributed by atoms with E-state index in [0.717, 1.165) is 22.8 Å². The summed E-state index contributed by atoms with van der Waals surface area (Å²) in [4.78, 5) is 14.0. The molecule has 0 bridgehead atoms. The lowest BCUT2D eigenvalue weighted by atomic mass is 10.1. The molecule has 1 aliphatic carbocycles. The molecule has 0 saturated heterocycles. The highest BCUT2D eigenvalue weighted by Crippen LogP contribution is 2.37. The van der Waals surface area contributed by atoms with Crippen LogP contribution in [-0.2, 0) is 0 Å². The van der Waals surface area contributed by atoms with Crippen LogP contribution in [0.15, 0.2) is 36.0 Å². The van der Waals surface area contributed by atoms with Gasteiger partial charge in [0.1, 0.15) is 12.2 Å². The van der Waals surface area contributed by atoms with E-state index >= 15 is 0 Å². The topological polar surface area (TPSA) is 55.6 Å². The van der Waals surface area contributed by atoms with Gasteiger partial charge in [-0.25, -0.2) is 15.0 Å². The van der Waals surface area contributed by atoms with Crippen molar-refractivity contribution in [3.8, 4) is 11.4 Å². The van der Waals surface area contributed by atoms with Crippen LogP contribution in [0.1, 0.15) is 32.7 Å². The number of hydrogen-bond acceptors (Lipinski definition) is 5. The van der Waals surface area contributed by atoms with Crippen LogP contribution in [0.2, 0.25) is 0 Å². The highest BCUT2D eigenvalue weighted by Gasteiger charge is 2.25. The number of imidazole rings is 1. The Morgan fingerprint density at radius 2 is 2.04 bits per heavy atom. The number of thiophene rings is 1. The predicted octanol–water partition coefficient (Wildman–Crippen LogP) is 4.86.